The molecule has 0 amide bonds. The molecule has 0 spiro atoms. The molecule has 1 heterocycles. The van der Waals surface area contributed by atoms with E-state index in [-0.39, 0.29) is 0 Å². The third-order valence-electron chi connectivity index (χ3n) is 4.63. The number of ether oxygens (including phenoxy) is 1. The van der Waals surface area contributed by atoms with Crippen LogP contribution in [0.15, 0.2) is 18.2 Å². The van der Waals surface area contributed by atoms with Crippen LogP contribution in [0.25, 0.3) is 0 Å². The largest absolute Gasteiger partial charge is 0.508 e. The van der Waals surface area contributed by atoms with Gasteiger partial charge in [0.15, 0.2) is 0 Å². The van der Waals surface area contributed by atoms with Gasteiger partial charge in [-0.25, -0.2) is 0 Å². The number of fused-ring (bicyclic) bond motifs is 1. The van der Waals surface area contributed by atoms with Crippen molar-refractivity contribution in [2.75, 3.05) is 26.8 Å². The first-order chi connectivity index (χ1) is 9.25. The zero-order valence-electron chi connectivity index (χ0n) is 11.6. The van der Waals surface area contributed by atoms with Crippen LogP contribution in [-0.2, 0) is 11.2 Å². The maximum atomic E-state index is 9.92. The van der Waals surface area contributed by atoms with Crippen molar-refractivity contribution in [3.63, 3.8) is 0 Å². The minimum absolute atomic E-state index is 0.472. The van der Waals surface area contributed by atoms with E-state index in [9.17, 15) is 5.11 Å². The van der Waals surface area contributed by atoms with Crippen molar-refractivity contribution in [3.05, 3.63) is 29.3 Å². The molecule has 1 saturated heterocycles. The number of rotatable bonds is 3. The molecule has 3 nitrogen and oxygen atoms in total. The van der Waals surface area contributed by atoms with Crippen LogP contribution in [-0.4, -0.2) is 36.8 Å². The fourth-order valence-electron chi connectivity index (χ4n) is 3.53. The molecule has 3 heteroatoms. The van der Waals surface area contributed by atoms with E-state index in [0.29, 0.717) is 11.8 Å². The summed E-state index contributed by atoms with van der Waals surface area (Å²) in [6.07, 6.45) is 4.51. The molecule has 1 aromatic rings. The minimum Gasteiger partial charge on any atom is -0.508 e. The number of hydrogen-bond acceptors (Lipinski definition) is 3. The number of hydrogen-bond donors (Lipinski definition) is 1. The van der Waals surface area contributed by atoms with Crippen LogP contribution in [0.1, 0.15) is 36.4 Å². The van der Waals surface area contributed by atoms with Crippen molar-refractivity contribution < 1.29 is 9.84 Å². The normalized spacial score (nSPS) is 23.8. The zero-order chi connectivity index (χ0) is 13.2. The molecule has 1 aliphatic heterocycles. The van der Waals surface area contributed by atoms with Crippen LogP contribution in [0.2, 0.25) is 0 Å². The summed E-state index contributed by atoms with van der Waals surface area (Å²) in [7, 11) is 2.22. The summed E-state index contributed by atoms with van der Waals surface area (Å²) in [5, 5.41) is 9.92. The van der Waals surface area contributed by atoms with Gasteiger partial charge in [-0.15, -0.1) is 0 Å². The van der Waals surface area contributed by atoms with Crippen molar-refractivity contribution in [1.29, 1.82) is 0 Å². The summed E-state index contributed by atoms with van der Waals surface area (Å²) < 4.78 is 5.43. The molecule has 1 aliphatic carbocycles. The first-order valence-corrected chi connectivity index (χ1v) is 7.34. The quantitative estimate of drug-likeness (QED) is 0.908. The Morgan fingerprint density at radius 1 is 1.26 bits per heavy atom. The Hall–Kier alpha value is -1.06. The summed E-state index contributed by atoms with van der Waals surface area (Å²) in [6.45, 7) is 2.98. The molecule has 104 valence electrons. The standard InChI is InChI=1S/C16H23NO2/c1-17(11-12-7-9-19-10-8-12)15-6-5-14-13(15)3-2-4-16(14)18/h2-4,12,15,18H,5-11H2,1H3. The Bertz CT molecular complexity index is 440. The van der Waals surface area contributed by atoms with E-state index in [1.165, 1.54) is 18.4 Å². The number of phenolic OH excluding ortho intramolecular Hbond substituents is 1. The molecule has 1 atom stereocenters. The van der Waals surface area contributed by atoms with E-state index in [4.69, 9.17) is 4.74 Å². The van der Waals surface area contributed by atoms with Crippen molar-refractivity contribution in [1.82, 2.24) is 4.90 Å². The van der Waals surface area contributed by atoms with Crippen LogP contribution < -0.4 is 0 Å². The van der Waals surface area contributed by atoms with Gasteiger partial charge in [0.25, 0.3) is 0 Å². The lowest BCUT2D eigenvalue weighted by molar-refractivity contribution is 0.0503. The van der Waals surface area contributed by atoms with E-state index >= 15 is 0 Å². The van der Waals surface area contributed by atoms with E-state index < -0.39 is 0 Å². The molecule has 1 aromatic carbocycles. The van der Waals surface area contributed by atoms with Gasteiger partial charge in [0, 0.05) is 25.8 Å². The monoisotopic (exact) mass is 261 g/mol. The highest BCUT2D eigenvalue weighted by atomic mass is 16.5. The molecular weight excluding hydrogens is 238 g/mol. The van der Waals surface area contributed by atoms with Gasteiger partial charge >= 0.3 is 0 Å². The Morgan fingerprint density at radius 2 is 2.05 bits per heavy atom. The van der Waals surface area contributed by atoms with Gasteiger partial charge in [-0.05, 0) is 55.8 Å². The van der Waals surface area contributed by atoms with Gasteiger partial charge in [-0.1, -0.05) is 12.1 Å². The van der Waals surface area contributed by atoms with Gasteiger partial charge in [0.2, 0.25) is 0 Å². The van der Waals surface area contributed by atoms with Crippen molar-refractivity contribution in [2.24, 2.45) is 5.92 Å². The molecule has 2 aliphatic rings. The first kappa shape index (κ1) is 12.9. The Labute approximate surface area is 115 Å². The molecule has 0 aromatic heterocycles. The summed E-state index contributed by atoms with van der Waals surface area (Å²) >= 11 is 0. The summed E-state index contributed by atoms with van der Waals surface area (Å²) in [5.74, 6) is 1.24. The molecule has 0 radical (unpaired) electrons. The van der Waals surface area contributed by atoms with E-state index in [2.05, 4.69) is 18.0 Å². The van der Waals surface area contributed by atoms with Gasteiger partial charge in [0.05, 0.1) is 0 Å². The Morgan fingerprint density at radius 3 is 2.84 bits per heavy atom. The SMILES string of the molecule is CN(CC1CCOCC1)C1CCc2c(O)cccc21. The van der Waals surface area contributed by atoms with Crippen molar-refractivity contribution in [3.8, 4) is 5.75 Å². The van der Waals surface area contributed by atoms with Crippen LogP contribution in [0, 0.1) is 5.92 Å². The van der Waals surface area contributed by atoms with Crippen LogP contribution in [0.4, 0.5) is 0 Å². The lowest BCUT2D eigenvalue weighted by atomic mass is 9.98. The number of aromatic hydroxyl groups is 1. The average molecular weight is 261 g/mol. The average Bonchev–Trinajstić information content (AvgIpc) is 2.85. The molecule has 0 saturated carbocycles. The number of phenols is 1. The van der Waals surface area contributed by atoms with Gasteiger partial charge < -0.3 is 9.84 Å². The smallest absolute Gasteiger partial charge is 0.119 e. The number of benzene rings is 1. The number of nitrogens with zero attached hydrogens (tertiary/aromatic N) is 1. The summed E-state index contributed by atoms with van der Waals surface area (Å²) in [5.41, 5.74) is 2.49. The lowest BCUT2D eigenvalue weighted by Crippen LogP contribution is -2.31. The molecule has 19 heavy (non-hydrogen) atoms. The van der Waals surface area contributed by atoms with E-state index in [1.54, 1.807) is 6.07 Å². The maximum Gasteiger partial charge on any atom is 0.119 e. The van der Waals surface area contributed by atoms with Crippen LogP contribution in [0.5, 0.6) is 5.75 Å². The molecule has 0 bridgehead atoms. The highest BCUT2D eigenvalue weighted by molar-refractivity contribution is 5.44. The third-order valence-corrected chi connectivity index (χ3v) is 4.63. The summed E-state index contributed by atoms with van der Waals surface area (Å²) in [4.78, 5) is 2.47. The fourth-order valence-corrected chi connectivity index (χ4v) is 3.53. The van der Waals surface area contributed by atoms with Crippen LogP contribution in [0.3, 0.4) is 0 Å². The molecule has 1 N–H and O–H groups in total. The second-order valence-electron chi connectivity index (χ2n) is 5.89. The predicted octanol–water partition coefficient (Wildman–Crippen LogP) is 2.74. The Balaban J connectivity index is 1.69. The third kappa shape index (κ3) is 2.63. The second-order valence-corrected chi connectivity index (χ2v) is 5.89. The minimum atomic E-state index is 0.472. The Kier molecular flexibility index (Phi) is 3.76. The zero-order valence-corrected chi connectivity index (χ0v) is 11.6. The fraction of sp³-hybridized carbons (Fsp3) is 0.625. The van der Waals surface area contributed by atoms with Gasteiger partial charge in [-0.3, -0.25) is 4.90 Å². The molecular formula is C16H23NO2. The highest BCUT2D eigenvalue weighted by Crippen LogP contribution is 2.39. The van der Waals surface area contributed by atoms with E-state index in [1.807, 2.05) is 6.07 Å². The molecule has 1 unspecified atom stereocenters. The summed E-state index contributed by atoms with van der Waals surface area (Å²) in [6, 6.07) is 6.42. The predicted molar refractivity (Wildman–Crippen MR) is 75.3 cm³/mol. The maximum absolute atomic E-state index is 9.92. The molecule has 1 fully saturated rings. The molecule has 3 rings (SSSR count). The first-order valence-electron chi connectivity index (χ1n) is 7.34. The highest BCUT2D eigenvalue weighted by Gasteiger charge is 2.29. The van der Waals surface area contributed by atoms with Crippen molar-refractivity contribution >= 4 is 0 Å². The topological polar surface area (TPSA) is 32.7 Å². The van der Waals surface area contributed by atoms with Crippen LogP contribution >= 0.6 is 0 Å². The van der Waals surface area contributed by atoms with Gasteiger partial charge in [0.1, 0.15) is 5.75 Å². The second kappa shape index (κ2) is 5.51. The van der Waals surface area contributed by atoms with Gasteiger partial charge in [-0.2, -0.15) is 0 Å². The van der Waals surface area contributed by atoms with E-state index in [0.717, 1.165) is 44.1 Å². The lowest BCUT2D eigenvalue weighted by Gasteiger charge is -2.31. The van der Waals surface area contributed by atoms with Crippen molar-refractivity contribution in [2.45, 2.75) is 31.7 Å².